The topological polar surface area (TPSA) is 149 Å². The van der Waals surface area contributed by atoms with Crippen molar-refractivity contribution >= 4 is 35.3 Å². The van der Waals surface area contributed by atoms with Gasteiger partial charge in [-0.05, 0) is 48.9 Å². The summed E-state index contributed by atoms with van der Waals surface area (Å²) in [5.41, 5.74) is 6.83. The fraction of sp³-hybridized carbons (Fsp3) is 0.158. The number of urea groups is 1. The molecule has 2 aromatic carbocycles. The van der Waals surface area contributed by atoms with E-state index in [0.29, 0.717) is 28.3 Å². The van der Waals surface area contributed by atoms with E-state index >= 15 is 0 Å². The number of nitrogens with two attached hydrogens (primary N) is 1. The van der Waals surface area contributed by atoms with Crippen LogP contribution in [0.3, 0.4) is 0 Å². The molecule has 0 radical (unpaired) electrons. The van der Waals surface area contributed by atoms with Gasteiger partial charge in [-0.3, -0.25) is 20.2 Å². The number of primary amides is 1. The molecule has 5 N–H and O–H groups in total. The van der Waals surface area contributed by atoms with Crippen LogP contribution in [0.25, 0.3) is 0 Å². The maximum absolute atomic E-state index is 12.5. The molecule has 0 aliphatic rings. The van der Waals surface area contributed by atoms with Crippen LogP contribution in [0.4, 0.5) is 21.0 Å². The van der Waals surface area contributed by atoms with Crippen molar-refractivity contribution in [3.8, 4) is 5.75 Å². The average molecular weight is 400 g/mol. The van der Waals surface area contributed by atoms with Crippen LogP contribution in [0.2, 0.25) is 0 Å². The lowest BCUT2D eigenvalue weighted by molar-refractivity contribution is -0.121. The Kier molecular flexibility index (Phi) is 7.13. The minimum absolute atomic E-state index is 0.335. The molecule has 0 heterocycles. The number of rotatable bonds is 6. The zero-order chi connectivity index (χ0) is 21.4. The van der Waals surface area contributed by atoms with E-state index < -0.39 is 18.0 Å². The number of ether oxygens (including phenoxy) is 2. The predicted molar refractivity (Wildman–Crippen MR) is 105 cm³/mol. The molecule has 2 aromatic rings. The summed E-state index contributed by atoms with van der Waals surface area (Å²) in [6.45, 7) is 1.37. The molecule has 29 heavy (non-hydrogen) atoms. The summed E-state index contributed by atoms with van der Waals surface area (Å²) in [5.74, 6) is -0.673. The summed E-state index contributed by atoms with van der Waals surface area (Å²) in [4.78, 5) is 45.7. The van der Waals surface area contributed by atoms with E-state index in [-0.39, 0.29) is 12.5 Å². The predicted octanol–water partition coefficient (Wildman–Crippen LogP) is 2.00. The lowest BCUT2D eigenvalue weighted by atomic mass is 10.1. The third-order valence-electron chi connectivity index (χ3n) is 3.64. The van der Waals surface area contributed by atoms with Crippen LogP contribution >= 0.6 is 0 Å². The minimum Gasteiger partial charge on any atom is -0.484 e. The van der Waals surface area contributed by atoms with Gasteiger partial charge >= 0.3 is 12.1 Å². The maximum atomic E-state index is 12.5. The van der Waals surface area contributed by atoms with Crippen LogP contribution in [0, 0.1) is 6.92 Å². The zero-order valence-electron chi connectivity index (χ0n) is 15.8. The Morgan fingerprint density at radius 3 is 2.45 bits per heavy atom. The molecule has 10 heteroatoms. The highest BCUT2D eigenvalue weighted by Crippen LogP contribution is 2.22. The van der Waals surface area contributed by atoms with Gasteiger partial charge < -0.3 is 20.5 Å². The van der Waals surface area contributed by atoms with Crippen LogP contribution < -0.4 is 26.4 Å². The monoisotopic (exact) mass is 400 g/mol. The number of hydrogen-bond acceptors (Lipinski definition) is 6. The van der Waals surface area contributed by atoms with E-state index in [1.54, 1.807) is 43.3 Å². The van der Waals surface area contributed by atoms with E-state index in [0.717, 1.165) is 0 Å². The van der Waals surface area contributed by atoms with Gasteiger partial charge in [0.15, 0.2) is 6.61 Å². The quantitative estimate of drug-likeness (QED) is 0.583. The smallest absolute Gasteiger partial charge is 0.411 e. The summed E-state index contributed by atoms with van der Waals surface area (Å²) in [6, 6.07) is 10.2. The lowest BCUT2D eigenvalue weighted by Crippen LogP contribution is -2.38. The molecule has 0 aromatic heterocycles. The largest absolute Gasteiger partial charge is 0.484 e. The second-order valence-electron chi connectivity index (χ2n) is 5.83. The number of aryl methyl sites for hydroxylation is 1. The first kappa shape index (κ1) is 21.2. The zero-order valence-corrected chi connectivity index (χ0v) is 15.8. The van der Waals surface area contributed by atoms with Crippen LogP contribution in [0.1, 0.15) is 15.9 Å². The molecule has 0 bridgehead atoms. The number of carbonyl (C=O) groups excluding carboxylic acids is 4. The van der Waals surface area contributed by atoms with Gasteiger partial charge in [-0.15, -0.1) is 0 Å². The fourth-order valence-electron chi connectivity index (χ4n) is 2.29. The molecule has 10 nitrogen and oxygen atoms in total. The Bertz CT molecular complexity index is 944. The summed E-state index contributed by atoms with van der Waals surface area (Å²) >= 11 is 0. The summed E-state index contributed by atoms with van der Waals surface area (Å²) in [5, 5.41) is 7.13. The van der Waals surface area contributed by atoms with Crippen molar-refractivity contribution in [3.63, 3.8) is 0 Å². The maximum Gasteiger partial charge on any atom is 0.411 e. The molecule has 0 atom stereocenters. The third kappa shape index (κ3) is 6.54. The second-order valence-corrected chi connectivity index (χ2v) is 5.83. The molecule has 0 saturated heterocycles. The molecular weight excluding hydrogens is 380 g/mol. The van der Waals surface area contributed by atoms with Gasteiger partial charge in [-0.25, -0.2) is 9.59 Å². The highest BCUT2D eigenvalue weighted by Gasteiger charge is 2.11. The number of amides is 5. The first-order valence-corrected chi connectivity index (χ1v) is 8.37. The summed E-state index contributed by atoms with van der Waals surface area (Å²) in [7, 11) is 1.24. The van der Waals surface area contributed by atoms with Crippen molar-refractivity contribution in [2.45, 2.75) is 6.92 Å². The molecular formula is C19H20N4O6. The van der Waals surface area contributed by atoms with Gasteiger partial charge in [0.05, 0.1) is 7.11 Å². The molecule has 0 unspecified atom stereocenters. The van der Waals surface area contributed by atoms with Crippen molar-refractivity contribution in [2.75, 3.05) is 24.4 Å². The second kappa shape index (κ2) is 9.74. The number of hydrogen-bond donors (Lipinski definition) is 4. The standard InChI is InChI=1S/C19H20N4O6/c1-11-8-14(29-10-16(24)23-18(20)26)6-7-15(11)22-17(25)12-4-3-5-13(9-12)21-19(27)28-2/h3-9H,10H2,1-2H3,(H,21,27)(H,22,25)(H3,20,23,24,26). The number of anilines is 2. The normalized spacial score (nSPS) is 9.86. The Morgan fingerprint density at radius 2 is 1.79 bits per heavy atom. The van der Waals surface area contributed by atoms with Gasteiger partial charge in [0.25, 0.3) is 11.8 Å². The van der Waals surface area contributed by atoms with Crippen molar-refractivity contribution in [3.05, 3.63) is 53.6 Å². The molecule has 0 saturated carbocycles. The fourth-order valence-corrected chi connectivity index (χ4v) is 2.29. The lowest BCUT2D eigenvalue weighted by Gasteiger charge is -2.12. The average Bonchev–Trinajstić information content (AvgIpc) is 2.67. The summed E-state index contributed by atoms with van der Waals surface area (Å²) < 4.78 is 9.79. The first-order chi connectivity index (χ1) is 13.8. The van der Waals surface area contributed by atoms with Crippen LogP contribution in [-0.2, 0) is 9.53 Å². The van der Waals surface area contributed by atoms with Crippen LogP contribution in [-0.4, -0.2) is 37.7 Å². The molecule has 5 amide bonds. The van der Waals surface area contributed by atoms with Gasteiger partial charge in [-0.2, -0.15) is 0 Å². The molecule has 0 aliphatic carbocycles. The summed E-state index contributed by atoms with van der Waals surface area (Å²) in [6.07, 6.45) is -0.640. The van der Waals surface area contributed by atoms with Gasteiger partial charge in [0, 0.05) is 16.9 Å². The number of methoxy groups -OCH3 is 1. The van der Waals surface area contributed by atoms with E-state index in [1.165, 1.54) is 13.2 Å². The molecule has 0 spiro atoms. The molecule has 0 fully saturated rings. The minimum atomic E-state index is -0.960. The van der Waals surface area contributed by atoms with E-state index in [4.69, 9.17) is 10.5 Å². The van der Waals surface area contributed by atoms with Gasteiger partial charge in [-0.1, -0.05) is 6.07 Å². The number of carbonyl (C=O) groups is 4. The van der Waals surface area contributed by atoms with Crippen LogP contribution in [0.5, 0.6) is 5.75 Å². The Labute approximate surface area is 166 Å². The number of nitrogens with one attached hydrogen (secondary N) is 3. The van der Waals surface area contributed by atoms with E-state index in [1.807, 2.05) is 5.32 Å². The number of imide groups is 1. The van der Waals surface area contributed by atoms with Crippen molar-refractivity contribution in [1.29, 1.82) is 0 Å². The number of benzene rings is 2. The molecule has 2 rings (SSSR count). The Hall–Kier alpha value is -4.08. The molecule has 152 valence electrons. The van der Waals surface area contributed by atoms with Crippen molar-refractivity contribution in [2.24, 2.45) is 5.73 Å². The third-order valence-corrected chi connectivity index (χ3v) is 3.64. The molecule has 0 aliphatic heterocycles. The van der Waals surface area contributed by atoms with E-state index in [2.05, 4.69) is 15.4 Å². The Morgan fingerprint density at radius 1 is 1.03 bits per heavy atom. The van der Waals surface area contributed by atoms with Crippen LogP contribution in [0.15, 0.2) is 42.5 Å². The highest BCUT2D eigenvalue weighted by molar-refractivity contribution is 6.05. The highest BCUT2D eigenvalue weighted by atomic mass is 16.5. The van der Waals surface area contributed by atoms with E-state index in [9.17, 15) is 19.2 Å². The SMILES string of the molecule is COC(=O)Nc1cccc(C(=O)Nc2ccc(OCC(=O)NC(N)=O)cc2C)c1. The first-order valence-electron chi connectivity index (χ1n) is 8.37. The van der Waals surface area contributed by atoms with Gasteiger partial charge in [0.2, 0.25) is 0 Å². The van der Waals surface area contributed by atoms with Crippen molar-refractivity contribution in [1.82, 2.24) is 5.32 Å². The Balaban J connectivity index is 2.02. The van der Waals surface area contributed by atoms with Crippen molar-refractivity contribution < 1.29 is 28.7 Å². The van der Waals surface area contributed by atoms with Gasteiger partial charge in [0.1, 0.15) is 5.75 Å².